The molecule has 126 valence electrons. The number of piperidine rings is 1. The van der Waals surface area contributed by atoms with E-state index in [1.807, 2.05) is 19.4 Å². The van der Waals surface area contributed by atoms with Crippen LogP contribution in [-0.4, -0.2) is 53.0 Å². The molecular formula is C14H24F2IN5. The predicted molar refractivity (Wildman–Crippen MR) is 94.0 cm³/mol. The zero-order chi connectivity index (χ0) is 15.2. The van der Waals surface area contributed by atoms with Gasteiger partial charge in [0.1, 0.15) is 6.54 Å². The molecule has 2 heterocycles. The van der Waals surface area contributed by atoms with Crippen molar-refractivity contribution < 1.29 is 8.78 Å². The van der Waals surface area contributed by atoms with Crippen LogP contribution in [0.4, 0.5) is 8.78 Å². The van der Waals surface area contributed by atoms with Crippen LogP contribution in [-0.2, 0) is 0 Å². The summed E-state index contributed by atoms with van der Waals surface area (Å²) in [5.41, 5.74) is 0. The quantitative estimate of drug-likeness (QED) is 0.457. The Kier molecular flexibility index (Phi) is 8.05. The second kappa shape index (κ2) is 9.26. The van der Waals surface area contributed by atoms with Gasteiger partial charge in [0, 0.05) is 32.0 Å². The van der Waals surface area contributed by atoms with Gasteiger partial charge in [0.2, 0.25) is 0 Å². The average Bonchev–Trinajstić information content (AvgIpc) is 2.98. The molecule has 0 radical (unpaired) electrons. The Morgan fingerprint density at radius 2 is 2.27 bits per heavy atom. The third kappa shape index (κ3) is 5.06. The molecule has 0 amide bonds. The molecule has 1 aromatic heterocycles. The number of rotatable bonds is 4. The fourth-order valence-electron chi connectivity index (χ4n) is 2.68. The summed E-state index contributed by atoms with van der Waals surface area (Å²) in [6.07, 6.45) is 4.12. The van der Waals surface area contributed by atoms with E-state index in [-0.39, 0.29) is 30.0 Å². The Hall–Kier alpha value is -0.930. The van der Waals surface area contributed by atoms with Gasteiger partial charge >= 0.3 is 0 Å². The molecule has 0 bridgehead atoms. The topological polar surface area (TPSA) is 45.5 Å². The lowest BCUT2D eigenvalue weighted by Crippen LogP contribution is -2.49. The molecular weight excluding hydrogens is 403 g/mol. The van der Waals surface area contributed by atoms with Crippen LogP contribution in [0.3, 0.4) is 0 Å². The van der Waals surface area contributed by atoms with Gasteiger partial charge in [-0.3, -0.25) is 0 Å². The maximum absolute atomic E-state index is 12.4. The minimum absolute atomic E-state index is 0. The number of nitrogens with zero attached hydrogens (tertiary/aromatic N) is 4. The standard InChI is InChI=1S/C14H23F2N5.HI/c1-3-18-14(19-8-13(15)16)20-6-4-11(2)12(9-20)21-7-5-17-10-21;/h5,7,10-13H,3-4,6,8-9H2,1-2H3,(H,18,19);1H. The molecule has 1 fully saturated rings. The van der Waals surface area contributed by atoms with Crippen molar-refractivity contribution >= 4 is 29.9 Å². The average molecular weight is 427 g/mol. The number of guanidine groups is 1. The molecule has 1 aliphatic heterocycles. The lowest BCUT2D eigenvalue weighted by molar-refractivity contribution is 0.156. The summed E-state index contributed by atoms with van der Waals surface area (Å²) in [5, 5.41) is 3.11. The van der Waals surface area contributed by atoms with Crippen LogP contribution in [0.2, 0.25) is 0 Å². The molecule has 5 nitrogen and oxygen atoms in total. The minimum atomic E-state index is -2.41. The first-order valence-corrected chi connectivity index (χ1v) is 7.40. The van der Waals surface area contributed by atoms with E-state index in [4.69, 9.17) is 0 Å². The Morgan fingerprint density at radius 1 is 1.50 bits per heavy atom. The number of likely N-dealkylation sites (tertiary alicyclic amines) is 1. The molecule has 0 saturated carbocycles. The molecule has 0 spiro atoms. The van der Waals surface area contributed by atoms with Crippen molar-refractivity contribution in [3.8, 4) is 0 Å². The Balaban J connectivity index is 0.00000242. The van der Waals surface area contributed by atoms with Crippen LogP contribution >= 0.6 is 24.0 Å². The van der Waals surface area contributed by atoms with Gasteiger partial charge in [-0.2, -0.15) is 0 Å². The largest absolute Gasteiger partial charge is 0.357 e. The van der Waals surface area contributed by atoms with Crippen LogP contribution in [0.15, 0.2) is 23.7 Å². The lowest BCUT2D eigenvalue weighted by Gasteiger charge is -2.39. The van der Waals surface area contributed by atoms with Crippen LogP contribution in [0.5, 0.6) is 0 Å². The SMILES string of the molecule is CCNC(=NCC(F)F)N1CCC(C)C(n2ccnc2)C1.I. The smallest absolute Gasteiger partial charge is 0.257 e. The van der Waals surface area contributed by atoms with Crippen LogP contribution in [0.1, 0.15) is 26.3 Å². The number of hydrogen-bond donors (Lipinski definition) is 1. The van der Waals surface area contributed by atoms with E-state index in [1.165, 1.54) is 0 Å². The van der Waals surface area contributed by atoms with Crippen LogP contribution < -0.4 is 5.32 Å². The van der Waals surface area contributed by atoms with E-state index >= 15 is 0 Å². The summed E-state index contributed by atoms with van der Waals surface area (Å²) in [5.74, 6) is 1.10. The maximum atomic E-state index is 12.4. The summed E-state index contributed by atoms with van der Waals surface area (Å²) < 4.78 is 26.9. The molecule has 8 heteroatoms. The lowest BCUT2D eigenvalue weighted by atomic mass is 9.93. The van der Waals surface area contributed by atoms with E-state index in [9.17, 15) is 8.78 Å². The number of halogens is 3. The number of nitrogens with one attached hydrogen (secondary N) is 1. The molecule has 2 rings (SSSR count). The van der Waals surface area contributed by atoms with Gasteiger partial charge < -0.3 is 14.8 Å². The summed E-state index contributed by atoms with van der Waals surface area (Å²) >= 11 is 0. The number of aromatic nitrogens is 2. The van der Waals surface area contributed by atoms with Gasteiger partial charge in [0.05, 0.1) is 12.4 Å². The van der Waals surface area contributed by atoms with Crippen LogP contribution in [0.25, 0.3) is 0 Å². The molecule has 22 heavy (non-hydrogen) atoms. The van der Waals surface area contributed by atoms with Crippen molar-refractivity contribution in [1.29, 1.82) is 0 Å². The van der Waals surface area contributed by atoms with Crippen molar-refractivity contribution in [2.75, 3.05) is 26.2 Å². The number of alkyl halides is 2. The Morgan fingerprint density at radius 3 is 2.86 bits per heavy atom. The molecule has 0 aliphatic carbocycles. The normalized spacial score (nSPS) is 22.6. The molecule has 1 N–H and O–H groups in total. The first-order chi connectivity index (χ1) is 10.1. The molecule has 2 atom stereocenters. The second-order valence-corrected chi connectivity index (χ2v) is 5.37. The fraction of sp³-hybridized carbons (Fsp3) is 0.714. The highest BCUT2D eigenvalue weighted by atomic mass is 127. The third-order valence-corrected chi connectivity index (χ3v) is 3.84. The van der Waals surface area contributed by atoms with Gasteiger partial charge in [-0.05, 0) is 19.3 Å². The summed E-state index contributed by atoms with van der Waals surface area (Å²) in [6, 6.07) is 0.289. The predicted octanol–water partition coefficient (Wildman–Crippen LogP) is 2.61. The molecule has 2 unspecified atom stereocenters. The van der Waals surface area contributed by atoms with Crippen molar-refractivity contribution in [2.45, 2.75) is 32.7 Å². The fourth-order valence-corrected chi connectivity index (χ4v) is 2.68. The minimum Gasteiger partial charge on any atom is -0.357 e. The van der Waals surface area contributed by atoms with Crippen LogP contribution in [0, 0.1) is 5.92 Å². The first kappa shape index (κ1) is 19.1. The van der Waals surface area contributed by atoms with E-state index in [0.29, 0.717) is 18.4 Å². The highest BCUT2D eigenvalue weighted by Gasteiger charge is 2.28. The summed E-state index contributed by atoms with van der Waals surface area (Å²) in [6.45, 7) is 5.96. The van der Waals surface area contributed by atoms with Crippen molar-refractivity contribution in [3.63, 3.8) is 0 Å². The highest BCUT2D eigenvalue weighted by molar-refractivity contribution is 14.0. The molecule has 1 aromatic rings. The molecule has 1 aliphatic rings. The highest BCUT2D eigenvalue weighted by Crippen LogP contribution is 2.27. The van der Waals surface area contributed by atoms with E-state index < -0.39 is 13.0 Å². The monoisotopic (exact) mass is 427 g/mol. The van der Waals surface area contributed by atoms with Crippen molar-refractivity contribution in [1.82, 2.24) is 19.8 Å². The Labute approximate surface area is 147 Å². The zero-order valence-corrected chi connectivity index (χ0v) is 15.3. The van der Waals surface area contributed by atoms with Gasteiger partial charge in [0.25, 0.3) is 6.43 Å². The summed E-state index contributed by atoms with van der Waals surface area (Å²) in [7, 11) is 0. The first-order valence-electron chi connectivity index (χ1n) is 7.40. The van der Waals surface area contributed by atoms with E-state index in [2.05, 4.69) is 31.7 Å². The number of aliphatic imine (C=N–C) groups is 1. The molecule has 1 saturated heterocycles. The van der Waals surface area contributed by atoms with Gasteiger partial charge in [-0.25, -0.2) is 18.8 Å². The number of hydrogen-bond acceptors (Lipinski definition) is 2. The number of imidazole rings is 1. The second-order valence-electron chi connectivity index (χ2n) is 5.37. The third-order valence-electron chi connectivity index (χ3n) is 3.84. The molecule has 0 aromatic carbocycles. The summed E-state index contributed by atoms with van der Waals surface area (Å²) in [4.78, 5) is 10.2. The maximum Gasteiger partial charge on any atom is 0.257 e. The van der Waals surface area contributed by atoms with E-state index in [0.717, 1.165) is 19.5 Å². The van der Waals surface area contributed by atoms with Gasteiger partial charge in [-0.15, -0.1) is 24.0 Å². The van der Waals surface area contributed by atoms with Crippen molar-refractivity contribution in [2.24, 2.45) is 10.9 Å². The van der Waals surface area contributed by atoms with E-state index in [1.54, 1.807) is 6.20 Å². The van der Waals surface area contributed by atoms with Gasteiger partial charge in [-0.1, -0.05) is 6.92 Å². The van der Waals surface area contributed by atoms with Gasteiger partial charge in [0.15, 0.2) is 5.96 Å². The Bertz CT molecular complexity index is 452. The van der Waals surface area contributed by atoms with Crippen molar-refractivity contribution in [3.05, 3.63) is 18.7 Å². The zero-order valence-electron chi connectivity index (χ0n) is 13.0.